The minimum Gasteiger partial charge on any atom is -0.459 e. The van der Waals surface area contributed by atoms with Crippen LogP contribution in [-0.2, 0) is 53.5 Å². The second kappa shape index (κ2) is 12.5. The van der Waals surface area contributed by atoms with Crippen LogP contribution in [0.4, 0.5) is 0 Å². The molecule has 3 aliphatic carbocycles. The Balaban J connectivity index is 1.58. The molecule has 13 heteroatoms. The maximum Gasteiger partial charge on any atom is 0.338 e. The van der Waals surface area contributed by atoms with Crippen molar-refractivity contribution in [2.75, 3.05) is 0 Å². The molecule has 2 N–H and O–H groups in total. The highest BCUT2D eigenvalue weighted by Crippen LogP contribution is 2.72. The Morgan fingerprint density at radius 3 is 1.91 bits per heavy atom. The topological polar surface area (TPSA) is 173 Å². The Morgan fingerprint density at radius 2 is 1.34 bits per heavy atom. The van der Waals surface area contributed by atoms with Crippen LogP contribution in [0.5, 0.6) is 0 Å². The molecular weight excluding hydrogens is 688 g/mol. The fourth-order valence-electron chi connectivity index (χ4n) is 10.4. The van der Waals surface area contributed by atoms with Crippen molar-refractivity contribution < 1.29 is 62.5 Å². The van der Waals surface area contributed by atoms with E-state index in [2.05, 4.69) is 6.58 Å². The molecule has 3 saturated heterocycles. The zero-order valence-electron chi connectivity index (χ0n) is 30.8. The third kappa shape index (κ3) is 5.07. The lowest BCUT2D eigenvalue weighted by molar-refractivity contribution is -0.586. The molecule has 4 bridgehead atoms. The molecule has 6 aliphatic rings. The number of rotatable bonds is 7. The van der Waals surface area contributed by atoms with Crippen molar-refractivity contribution >= 4 is 23.9 Å². The van der Waals surface area contributed by atoms with E-state index >= 15 is 0 Å². The van der Waals surface area contributed by atoms with Crippen molar-refractivity contribution in [1.82, 2.24) is 0 Å². The molecule has 3 heterocycles. The minimum atomic E-state index is -2.37. The van der Waals surface area contributed by atoms with Gasteiger partial charge in [-0.1, -0.05) is 69.0 Å². The zero-order valence-corrected chi connectivity index (χ0v) is 30.8. The molecule has 1 spiro atoms. The molecule has 0 radical (unpaired) electrons. The van der Waals surface area contributed by atoms with Crippen molar-refractivity contribution in [3.8, 4) is 0 Å². The predicted octanol–water partition coefficient (Wildman–Crippen LogP) is 3.73. The highest BCUT2D eigenvalue weighted by molar-refractivity contribution is 5.89. The monoisotopic (exact) mass is 734 g/mol. The van der Waals surface area contributed by atoms with Gasteiger partial charge >= 0.3 is 29.9 Å². The summed E-state index contributed by atoms with van der Waals surface area (Å²) in [5.74, 6) is -9.03. The first kappa shape index (κ1) is 37.2. The molecular formula is C40H46O13. The van der Waals surface area contributed by atoms with Crippen LogP contribution < -0.4 is 0 Å². The van der Waals surface area contributed by atoms with Crippen LogP contribution >= 0.6 is 0 Å². The second-order valence-electron chi connectivity index (χ2n) is 15.5. The molecule has 14 atom stereocenters. The van der Waals surface area contributed by atoms with Gasteiger partial charge in [0.15, 0.2) is 17.8 Å². The number of aliphatic hydroxyl groups is 2. The van der Waals surface area contributed by atoms with Gasteiger partial charge in [0.2, 0.25) is 0 Å². The Bertz CT molecular complexity index is 1830. The maximum absolute atomic E-state index is 14.2. The Kier molecular flexibility index (Phi) is 8.74. The summed E-state index contributed by atoms with van der Waals surface area (Å²) in [6.45, 7) is 14.2. The average Bonchev–Trinajstić information content (AvgIpc) is 3.34. The van der Waals surface area contributed by atoms with E-state index < -0.39 is 106 Å². The third-order valence-corrected chi connectivity index (χ3v) is 12.3. The van der Waals surface area contributed by atoms with E-state index in [1.54, 1.807) is 69.3 Å². The summed E-state index contributed by atoms with van der Waals surface area (Å²) < 4.78 is 45.3. The highest BCUT2D eigenvalue weighted by atomic mass is 16.9. The summed E-state index contributed by atoms with van der Waals surface area (Å²) in [5, 5.41) is 26.6. The van der Waals surface area contributed by atoms with E-state index in [-0.39, 0.29) is 17.6 Å². The number of esters is 4. The molecule has 53 heavy (non-hydrogen) atoms. The first-order chi connectivity index (χ1) is 24.9. The van der Waals surface area contributed by atoms with E-state index in [4.69, 9.17) is 33.2 Å². The van der Waals surface area contributed by atoms with Crippen molar-refractivity contribution in [2.45, 2.75) is 114 Å². The smallest absolute Gasteiger partial charge is 0.338 e. The van der Waals surface area contributed by atoms with E-state index in [0.29, 0.717) is 5.56 Å². The summed E-state index contributed by atoms with van der Waals surface area (Å²) in [6, 6.07) is 16.8. The van der Waals surface area contributed by atoms with E-state index in [0.717, 1.165) is 13.8 Å². The molecule has 3 saturated carbocycles. The normalized spacial score (nSPS) is 43.5. The van der Waals surface area contributed by atoms with E-state index in [1.807, 2.05) is 0 Å². The number of hydrogen-bond acceptors (Lipinski definition) is 13. The van der Waals surface area contributed by atoms with E-state index in [9.17, 15) is 29.4 Å². The van der Waals surface area contributed by atoms with Crippen LogP contribution in [-0.4, -0.2) is 87.0 Å². The molecule has 0 aromatic heterocycles. The van der Waals surface area contributed by atoms with Crippen LogP contribution in [0, 0.1) is 23.7 Å². The number of benzene rings is 2. The van der Waals surface area contributed by atoms with Gasteiger partial charge in [0, 0.05) is 38.2 Å². The van der Waals surface area contributed by atoms with Gasteiger partial charge in [-0.2, -0.15) is 0 Å². The summed E-state index contributed by atoms with van der Waals surface area (Å²) in [4.78, 5) is 53.5. The molecule has 284 valence electrons. The van der Waals surface area contributed by atoms with Crippen molar-refractivity contribution in [1.29, 1.82) is 0 Å². The number of carbonyl (C=O) groups excluding carboxylic acids is 4. The molecule has 13 nitrogen and oxygen atoms in total. The fraction of sp³-hybridized carbons (Fsp3) is 0.550. The Hall–Kier alpha value is -4.14. The quantitative estimate of drug-likeness (QED) is 0.240. The van der Waals surface area contributed by atoms with Crippen molar-refractivity contribution in [3.63, 3.8) is 0 Å². The van der Waals surface area contributed by atoms with Gasteiger partial charge in [-0.05, 0) is 43.9 Å². The lowest BCUT2D eigenvalue weighted by atomic mass is 9.51. The molecule has 3 aliphatic heterocycles. The molecule has 6 fully saturated rings. The maximum atomic E-state index is 14.2. The summed E-state index contributed by atoms with van der Waals surface area (Å²) in [6.07, 6.45) is -7.11. The zero-order chi connectivity index (χ0) is 38.5. The van der Waals surface area contributed by atoms with Crippen molar-refractivity contribution in [3.05, 3.63) is 83.9 Å². The average molecular weight is 735 g/mol. The minimum absolute atomic E-state index is 0.108. The summed E-state index contributed by atoms with van der Waals surface area (Å²) in [5.41, 5.74) is -7.42. The van der Waals surface area contributed by atoms with Gasteiger partial charge in [-0.15, -0.1) is 0 Å². The SMILES string of the molecule is C=C(C)[C@@]1(O)[C@@H]2O[C@]3(c4ccccc4)O[C@H]1[C@@H](C)[C@@]1(O3)[C@H]2[C@H](OC(C)=O)[C@@](C)(OC(=O)c2ccccc2)[C@@H](OC(C)=O)[C@@]2(O)[C@H]1C[C@H](C)[C@@H]2OC(C)=O. The third-order valence-electron chi connectivity index (χ3n) is 12.3. The van der Waals surface area contributed by atoms with Gasteiger partial charge < -0.3 is 43.4 Å². The van der Waals surface area contributed by atoms with Crippen LogP contribution in [0.15, 0.2) is 72.8 Å². The van der Waals surface area contributed by atoms with Gasteiger partial charge in [0.05, 0.1) is 17.1 Å². The standard InChI is InChI=1S/C40H46O13/c1-20(2)37(45)31-22(4)39-28-19-21(3)30(47-23(5)41)38(28,46)35(49-25(7)43)36(8,52-34(44)26-15-11-9-12-16-26)32(48-24(6)42)29(39)33(37)51-40(50-31,53-39)27-17-13-10-14-18-27/h9-18,21-22,28-33,35,45-46H,1,19H2,2-8H3/t21-,22+,28+,29-,30-,31-,32-,33+,35+,36+,37-,38+,39-,40-/m0/s1. The molecule has 2 aromatic carbocycles. The summed E-state index contributed by atoms with van der Waals surface area (Å²) in [7, 11) is 0. The summed E-state index contributed by atoms with van der Waals surface area (Å²) >= 11 is 0. The molecule has 2 aromatic rings. The lowest BCUT2D eigenvalue weighted by Gasteiger charge is -2.73. The van der Waals surface area contributed by atoms with Gasteiger partial charge in [0.25, 0.3) is 0 Å². The number of carbonyl (C=O) groups is 4. The largest absolute Gasteiger partial charge is 0.459 e. The number of hydrogen-bond donors (Lipinski definition) is 2. The predicted molar refractivity (Wildman–Crippen MR) is 183 cm³/mol. The number of fused-ring (bicyclic) bond motifs is 1. The van der Waals surface area contributed by atoms with Crippen molar-refractivity contribution in [2.24, 2.45) is 23.7 Å². The first-order valence-electron chi connectivity index (χ1n) is 17.9. The highest BCUT2D eigenvalue weighted by Gasteiger charge is 2.87. The fourth-order valence-corrected chi connectivity index (χ4v) is 10.4. The molecule has 0 amide bonds. The molecule has 0 unspecified atom stereocenters. The molecule has 8 rings (SSSR count). The Morgan fingerprint density at radius 1 is 0.792 bits per heavy atom. The second-order valence-corrected chi connectivity index (χ2v) is 15.5. The van der Waals surface area contributed by atoms with E-state index in [1.165, 1.54) is 26.0 Å². The van der Waals surface area contributed by atoms with Crippen LogP contribution in [0.25, 0.3) is 0 Å². The Labute approximate surface area is 307 Å². The van der Waals surface area contributed by atoms with Crippen LogP contribution in [0.2, 0.25) is 0 Å². The van der Waals surface area contributed by atoms with Crippen LogP contribution in [0.3, 0.4) is 0 Å². The first-order valence-corrected chi connectivity index (χ1v) is 17.9. The lowest BCUT2D eigenvalue weighted by Crippen LogP contribution is -2.86. The van der Waals surface area contributed by atoms with Gasteiger partial charge in [-0.3, -0.25) is 14.4 Å². The van der Waals surface area contributed by atoms with Crippen LogP contribution in [0.1, 0.15) is 70.8 Å². The van der Waals surface area contributed by atoms with Gasteiger partial charge in [0.1, 0.15) is 29.5 Å². The number of ether oxygens (including phenoxy) is 7. The van der Waals surface area contributed by atoms with Gasteiger partial charge in [-0.25, -0.2) is 4.79 Å².